The van der Waals surface area contributed by atoms with Gasteiger partial charge in [-0.2, -0.15) is 0 Å². The quantitative estimate of drug-likeness (QED) is 0.652. The molecule has 0 aliphatic heterocycles. The van der Waals surface area contributed by atoms with Gasteiger partial charge in [0, 0.05) is 29.3 Å². The van der Waals surface area contributed by atoms with Gasteiger partial charge < -0.3 is 22.5 Å². The summed E-state index contributed by atoms with van der Waals surface area (Å²) in [6.07, 6.45) is 3.97. The smallest absolute Gasteiger partial charge is 0.0389 e. The molecule has 0 unspecified atom stereocenters. The van der Waals surface area contributed by atoms with Crippen molar-refractivity contribution < 1.29 is 0 Å². The average molecular weight is 305 g/mol. The van der Waals surface area contributed by atoms with Gasteiger partial charge in [-0.1, -0.05) is 12.2 Å². The average Bonchev–Trinajstić information content (AvgIpc) is 2.42. The molecule has 7 N–H and O–H groups in total. The van der Waals surface area contributed by atoms with Crippen molar-refractivity contribution in [2.45, 2.75) is 6.92 Å². The van der Waals surface area contributed by atoms with Crippen LogP contribution in [0.25, 0.3) is 6.08 Å². The molecule has 0 aromatic heterocycles. The number of anilines is 4. The van der Waals surface area contributed by atoms with E-state index in [9.17, 15) is 0 Å². The summed E-state index contributed by atoms with van der Waals surface area (Å²) in [5, 5.41) is 3.30. The molecule has 0 aliphatic carbocycles. The molecule has 112 valence electrons. The third-order valence-corrected chi connectivity index (χ3v) is 3.10. The van der Waals surface area contributed by atoms with Crippen LogP contribution in [0, 0.1) is 6.92 Å². The molecule has 0 heterocycles. The Balaban J connectivity index is 0.00000220. The molecule has 0 bridgehead atoms. The molecule has 0 saturated heterocycles. The van der Waals surface area contributed by atoms with E-state index in [2.05, 4.69) is 5.32 Å². The summed E-state index contributed by atoms with van der Waals surface area (Å²) in [5.74, 6) is 0. The van der Waals surface area contributed by atoms with Crippen LogP contribution in [-0.2, 0) is 0 Å². The predicted octanol–water partition coefficient (Wildman–Crippen LogP) is 3.29. The van der Waals surface area contributed by atoms with Crippen LogP contribution in [-0.4, -0.2) is 6.54 Å². The highest BCUT2D eigenvalue weighted by Gasteiger charge is 1.96. The minimum atomic E-state index is 0. The first-order chi connectivity index (χ1) is 9.56. The van der Waals surface area contributed by atoms with Crippen LogP contribution in [0.3, 0.4) is 0 Å². The highest BCUT2D eigenvalue weighted by molar-refractivity contribution is 5.85. The zero-order chi connectivity index (χ0) is 14.5. The minimum Gasteiger partial charge on any atom is -0.399 e. The van der Waals surface area contributed by atoms with E-state index in [4.69, 9.17) is 17.2 Å². The molecule has 0 spiro atoms. The molecular weight excluding hydrogens is 284 g/mol. The number of nitrogen functional groups attached to an aromatic ring is 3. The predicted molar refractivity (Wildman–Crippen MR) is 95.6 cm³/mol. The molecule has 21 heavy (non-hydrogen) atoms. The van der Waals surface area contributed by atoms with Gasteiger partial charge in [-0.25, -0.2) is 0 Å². The summed E-state index contributed by atoms with van der Waals surface area (Å²) in [6, 6.07) is 11.4. The third kappa shape index (κ3) is 4.61. The van der Waals surface area contributed by atoms with Gasteiger partial charge in [-0.05, 0) is 54.4 Å². The largest absolute Gasteiger partial charge is 0.399 e. The Hall–Kier alpha value is -2.33. The Morgan fingerprint density at radius 1 is 1.00 bits per heavy atom. The van der Waals surface area contributed by atoms with Gasteiger partial charge in [0.2, 0.25) is 0 Å². The normalized spacial score (nSPS) is 10.3. The monoisotopic (exact) mass is 304 g/mol. The topological polar surface area (TPSA) is 90.1 Å². The number of nitrogens with one attached hydrogen (secondary N) is 1. The van der Waals surface area contributed by atoms with E-state index in [0.29, 0.717) is 12.2 Å². The lowest BCUT2D eigenvalue weighted by atomic mass is 10.1. The van der Waals surface area contributed by atoms with Crippen molar-refractivity contribution in [3.05, 3.63) is 53.6 Å². The molecule has 0 atom stereocenters. The molecule has 0 fully saturated rings. The number of rotatable bonds is 4. The number of aryl methyl sites for hydroxylation is 1. The maximum Gasteiger partial charge on any atom is 0.0389 e. The van der Waals surface area contributed by atoms with E-state index in [0.717, 1.165) is 28.2 Å². The highest BCUT2D eigenvalue weighted by Crippen LogP contribution is 2.18. The van der Waals surface area contributed by atoms with Crippen molar-refractivity contribution in [2.75, 3.05) is 29.1 Å². The number of hydrogen-bond donors (Lipinski definition) is 4. The maximum absolute atomic E-state index is 5.88. The summed E-state index contributed by atoms with van der Waals surface area (Å²) >= 11 is 0. The molecule has 5 heteroatoms. The molecule has 2 aromatic rings. The fourth-order valence-corrected chi connectivity index (χ4v) is 1.89. The maximum atomic E-state index is 5.88. The van der Waals surface area contributed by atoms with Crippen molar-refractivity contribution >= 4 is 41.2 Å². The molecule has 0 amide bonds. The first-order valence-corrected chi connectivity index (χ1v) is 6.48. The number of halogens is 1. The van der Waals surface area contributed by atoms with Crippen LogP contribution in [0.2, 0.25) is 0 Å². The second kappa shape index (κ2) is 7.45. The van der Waals surface area contributed by atoms with E-state index in [1.807, 2.05) is 49.4 Å². The highest BCUT2D eigenvalue weighted by atomic mass is 35.5. The standard InChI is InChI=1S/C16H20N4.ClH/c1-11-9-14(5-7-15(11)18)20-8-2-3-12-10-13(17)4-6-16(12)19;/h2-7,9-10,20H,8,17-19H2,1H3;1H. The number of benzene rings is 2. The summed E-state index contributed by atoms with van der Waals surface area (Å²) in [7, 11) is 0. The van der Waals surface area contributed by atoms with Crippen LogP contribution in [0.4, 0.5) is 22.7 Å². The van der Waals surface area contributed by atoms with Crippen LogP contribution >= 0.6 is 12.4 Å². The Morgan fingerprint density at radius 2 is 1.71 bits per heavy atom. The Kier molecular flexibility index (Phi) is 5.93. The van der Waals surface area contributed by atoms with Crippen molar-refractivity contribution in [1.29, 1.82) is 0 Å². The van der Waals surface area contributed by atoms with Gasteiger partial charge in [0.05, 0.1) is 0 Å². The van der Waals surface area contributed by atoms with Gasteiger partial charge in [0.15, 0.2) is 0 Å². The van der Waals surface area contributed by atoms with Gasteiger partial charge in [-0.3, -0.25) is 0 Å². The van der Waals surface area contributed by atoms with Crippen molar-refractivity contribution in [3.8, 4) is 0 Å². The lowest BCUT2D eigenvalue weighted by Crippen LogP contribution is -1.99. The lowest BCUT2D eigenvalue weighted by Gasteiger charge is -2.06. The Bertz CT molecular complexity index is 638. The molecule has 4 nitrogen and oxygen atoms in total. The van der Waals surface area contributed by atoms with Gasteiger partial charge in [-0.15, -0.1) is 12.4 Å². The summed E-state index contributed by atoms with van der Waals surface area (Å²) in [4.78, 5) is 0. The van der Waals surface area contributed by atoms with Crippen molar-refractivity contribution in [2.24, 2.45) is 0 Å². The van der Waals surface area contributed by atoms with E-state index in [1.165, 1.54) is 0 Å². The van der Waals surface area contributed by atoms with Crippen molar-refractivity contribution in [1.82, 2.24) is 0 Å². The van der Waals surface area contributed by atoms with E-state index in [1.54, 1.807) is 6.07 Å². The second-order valence-electron chi connectivity index (χ2n) is 4.74. The summed E-state index contributed by atoms with van der Waals surface area (Å²) in [5.41, 5.74) is 22.7. The summed E-state index contributed by atoms with van der Waals surface area (Å²) < 4.78 is 0. The van der Waals surface area contributed by atoms with Gasteiger partial charge in [0.1, 0.15) is 0 Å². The second-order valence-corrected chi connectivity index (χ2v) is 4.74. The molecule has 0 aliphatic rings. The number of nitrogens with two attached hydrogens (primary N) is 3. The lowest BCUT2D eigenvalue weighted by molar-refractivity contribution is 1.33. The third-order valence-electron chi connectivity index (χ3n) is 3.10. The van der Waals surface area contributed by atoms with Gasteiger partial charge in [0.25, 0.3) is 0 Å². The SMILES string of the molecule is Cc1cc(NCC=Cc2cc(N)ccc2N)ccc1N.Cl. The van der Waals surface area contributed by atoms with E-state index in [-0.39, 0.29) is 12.4 Å². The Morgan fingerprint density at radius 3 is 2.43 bits per heavy atom. The van der Waals surface area contributed by atoms with Crippen LogP contribution in [0.1, 0.15) is 11.1 Å². The zero-order valence-corrected chi connectivity index (χ0v) is 12.8. The molecular formula is C16H21ClN4. The molecule has 0 radical (unpaired) electrons. The van der Waals surface area contributed by atoms with Crippen LogP contribution < -0.4 is 22.5 Å². The van der Waals surface area contributed by atoms with E-state index >= 15 is 0 Å². The molecule has 2 rings (SSSR count). The van der Waals surface area contributed by atoms with Crippen molar-refractivity contribution in [3.63, 3.8) is 0 Å². The fraction of sp³-hybridized carbons (Fsp3) is 0.125. The Labute approximate surface area is 131 Å². The van der Waals surface area contributed by atoms with E-state index < -0.39 is 0 Å². The minimum absolute atomic E-state index is 0. The summed E-state index contributed by atoms with van der Waals surface area (Å²) in [6.45, 7) is 2.70. The zero-order valence-electron chi connectivity index (χ0n) is 12.0. The molecule has 2 aromatic carbocycles. The van der Waals surface area contributed by atoms with Gasteiger partial charge >= 0.3 is 0 Å². The number of hydrogen-bond acceptors (Lipinski definition) is 4. The fourth-order valence-electron chi connectivity index (χ4n) is 1.89. The first-order valence-electron chi connectivity index (χ1n) is 6.48. The van der Waals surface area contributed by atoms with Crippen LogP contribution in [0.15, 0.2) is 42.5 Å². The first kappa shape index (κ1) is 16.7. The van der Waals surface area contributed by atoms with Crippen LogP contribution in [0.5, 0.6) is 0 Å². The molecule has 0 saturated carbocycles.